The van der Waals surface area contributed by atoms with E-state index in [1.807, 2.05) is 0 Å². The van der Waals surface area contributed by atoms with Crippen LogP contribution in [0.2, 0.25) is 0 Å². The van der Waals surface area contributed by atoms with Crippen molar-refractivity contribution in [3.8, 4) is 0 Å². The van der Waals surface area contributed by atoms with Gasteiger partial charge in [-0.2, -0.15) is 0 Å². The number of hydrogen-bond donors (Lipinski definition) is 1. The van der Waals surface area contributed by atoms with Crippen LogP contribution in [0, 0.1) is 0 Å². The molecule has 0 atom stereocenters. The second-order valence-electron chi connectivity index (χ2n) is 2.42. The van der Waals surface area contributed by atoms with E-state index in [0.717, 1.165) is 0 Å². The number of hydrogen-bond acceptors (Lipinski definition) is 3. The highest BCUT2D eigenvalue weighted by molar-refractivity contribution is 5.91. The summed E-state index contributed by atoms with van der Waals surface area (Å²) in [6.07, 6.45) is 1.40. The Morgan fingerprint density at radius 3 is 3.14 bits per heavy atom. The predicted octanol–water partition coefficient (Wildman–Crippen LogP) is 1.83. The molecule has 0 aliphatic heterocycles. The second kappa shape index (κ2) is 4.74. The molecule has 14 heavy (non-hydrogen) atoms. The molecule has 1 amide bonds. The number of carbonyl (C=O) groups is 1. The minimum Gasteiger partial charge on any atom is -0.459 e. The van der Waals surface area contributed by atoms with Crippen LogP contribution in [0.3, 0.4) is 0 Å². The van der Waals surface area contributed by atoms with E-state index in [0.29, 0.717) is 0 Å². The van der Waals surface area contributed by atoms with Gasteiger partial charge < -0.3 is 9.73 Å². The molecule has 0 bridgehead atoms. The summed E-state index contributed by atoms with van der Waals surface area (Å²) in [5.41, 5.74) is 8.30. The Labute approximate surface area is 79.8 Å². The highest BCUT2D eigenvalue weighted by atomic mass is 16.3. The minimum atomic E-state index is -0.371. The molecule has 6 nitrogen and oxygen atoms in total. The van der Waals surface area contributed by atoms with Crippen molar-refractivity contribution in [3.63, 3.8) is 0 Å². The molecule has 0 fully saturated rings. The first kappa shape index (κ1) is 9.88. The van der Waals surface area contributed by atoms with Gasteiger partial charge in [-0.25, -0.2) is 0 Å². The molecule has 0 radical (unpaired) electrons. The molecule has 0 saturated carbocycles. The summed E-state index contributed by atoms with van der Waals surface area (Å²) in [6, 6.07) is 3.14. The van der Waals surface area contributed by atoms with Crippen LogP contribution >= 0.6 is 0 Å². The molecule has 1 rings (SSSR count). The Bertz CT molecular complexity index is 376. The van der Waals surface area contributed by atoms with Gasteiger partial charge in [0.05, 0.1) is 6.26 Å². The van der Waals surface area contributed by atoms with Crippen LogP contribution in [0.25, 0.3) is 10.4 Å². The number of nitrogens with one attached hydrogen (secondary N) is 1. The molecule has 1 aromatic heterocycles. The lowest BCUT2D eigenvalue weighted by Gasteiger charge is -2.00. The van der Waals surface area contributed by atoms with Crippen LogP contribution in [0.1, 0.15) is 10.6 Å². The molecule has 0 spiro atoms. The topological polar surface area (TPSA) is 91.0 Å². The fourth-order valence-corrected chi connectivity index (χ4v) is 0.776. The van der Waals surface area contributed by atoms with Crippen molar-refractivity contribution in [3.05, 3.63) is 46.9 Å². The molecule has 1 N–H and O–H groups in total. The third-order valence-electron chi connectivity index (χ3n) is 1.38. The molecule has 0 aliphatic carbocycles. The summed E-state index contributed by atoms with van der Waals surface area (Å²) in [5, 5.41) is 5.69. The van der Waals surface area contributed by atoms with Gasteiger partial charge in [0.1, 0.15) is 0 Å². The van der Waals surface area contributed by atoms with E-state index in [1.165, 1.54) is 12.3 Å². The van der Waals surface area contributed by atoms with Crippen LogP contribution in [0.5, 0.6) is 0 Å². The zero-order valence-corrected chi connectivity index (χ0v) is 7.30. The maximum atomic E-state index is 11.2. The van der Waals surface area contributed by atoms with Crippen LogP contribution in [0.15, 0.2) is 40.2 Å². The van der Waals surface area contributed by atoms with Crippen LogP contribution in [-0.4, -0.2) is 12.5 Å². The van der Waals surface area contributed by atoms with Crippen LogP contribution in [-0.2, 0) is 0 Å². The van der Waals surface area contributed by atoms with Gasteiger partial charge in [-0.3, -0.25) is 4.79 Å². The van der Waals surface area contributed by atoms with Gasteiger partial charge >= 0.3 is 0 Å². The van der Waals surface area contributed by atoms with Crippen molar-refractivity contribution >= 4 is 5.91 Å². The summed E-state index contributed by atoms with van der Waals surface area (Å²) in [7, 11) is 0. The summed E-state index contributed by atoms with van der Waals surface area (Å²) in [4.78, 5) is 13.8. The SMILES string of the molecule is C=C(CNC(=O)c1ccco1)N=[N+]=[N-]. The molecule has 1 heterocycles. The van der Waals surface area contributed by atoms with Gasteiger partial charge in [0.25, 0.3) is 5.91 Å². The molecule has 0 saturated heterocycles. The van der Waals surface area contributed by atoms with Crippen molar-refractivity contribution in [2.24, 2.45) is 5.11 Å². The van der Waals surface area contributed by atoms with Crippen molar-refractivity contribution in [2.75, 3.05) is 6.54 Å². The Hall–Kier alpha value is -2.20. The lowest BCUT2D eigenvalue weighted by molar-refractivity contribution is 0.0929. The first-order valence-corrected chi connectivity index (χ1v) is 3.78. The van der Waals surface area contributed by atoms with Gasteiger partial charge in [0.2, 0.25) is 0 Å². The third-order valence-corrected chi connectivity index (χ3v) is 1.38. The Morgan fingerprint density at radius 2 is 2.57 bits per heavy atom. The first-order valence-electron chi connectivity index (χ1n) is 3.78. The fraction of sp³-hybridized carbons (Fsp3) is 0.125. The molecule has 72 valence electrons. The van der Waals surface area contributed by atoms with Gasteiger partial charge in [-0.05, 0) is 17.7 Å². The van der Waals surface area contributed by atoms with Gasteiger partial charge in [0, 0.05) is 17.2 Å². The predicted molar refractivity (Wildman–Crippen MR) is 49.3 cm³/mol. The summed E-state index contributed by atoms with van der Waals surface area (Å²) >= 11 is 0. The van der Waals surface area contributed by atoms with Crippen molar-refractivity contribution in [1.82, 2.24) is 5.32 Å². The fourth-order valence-electron chi connectivity index (χ4n) is 0.776. The maximum Gasteiger partial charge on any atom is 0.287 e. The van der Waals surface area contributed by atoms with E-state index in [2.05, 4.69) is 21.9 Å². The van der Waals surface area contributed by atoms with Gasteiger partial charge in [0.15, 0.2) is 5.76 Å². The van der Waals surface area contributed by atoms with Crippen molar-refractivity contribution in [1.29, 1.82) is 0 Å². The standard InChI is InChI=1S/C8H8N4O2/c1-6(11-12-9)5-10-8(13)7-3-2-4-14-7/h2-4H,1,5H2,(H,10,13). The van der Waals surface area contributed by atoms with E-state index in [-0.39, 0.29) is 23.9 Å². The normalized spacial score (nSPS) is 8.86. The monoisotopic (exact) mass is 192 g/mol. The lowest BCUT2D eigenvalue weighted by atomic mass is 10.4. The Kier molecular flexibility index (Phi) is 3.34. The van der Waals surface area contributed by atoms with E-state index >= 15 is 0 Å². The summed E-state index contributed by atoms with van der Waals surface area (Å²) in [6.45, 7) is 3.53. The van der Waals surface area contributed by atoms with E-state index in [9.17, 15) is 4.79 Å². The Balaban J connectivity index is 2.43. The molecular formula is C8H8N4O2. The van der Waals surface area contributed by atoms with Crippen molar-refractivity contribution in [2.45, 2.75) is 0 Å². The van der Waals surface area contributed by atoms with Crippen LogP contribution < -0.4 is 5.32 Å². The molecule has 6 heteroatoms. The second-order valence-corrected chi connectivity index (χ2v) is 2.42. The molecule has 0 aliphatic rings. The summed E-state index contributed by atoms with van der Waals surface area (Å²) in [5.74, 6) is -0.164. The van der Waals surface area contributed by atoms with E-state index in [4.69, 9.17) is 9.95 Å². The highest BCUT2D eigenvalue weighted by Gasteiger charge is 2.06. The minimum absolute atomic E-state index is 0.101. The van der Waals surface area contributed by atoms with E-state index < -0.39 is 0 Å². The molecular weight excluding hydrogens is 184 g/mol. The zero-order valence-electron chi connectivity index (χ0n) is 7.30. The van der Waals surface area contributed by atoms with E-state index in [1.54, 1.807) is 6.07 Å². The lowest BCUT2D eigenvalue weighted by Crippen LogP contribution is -2.24. The Morgan fingerprint density at radius 1 is 1.79 bits per heavy atom. The number of furan rings is 1. The molecule has 1 aromatic rings. The zero-order chi connectivity index (χ0) is 10.4. The number of amides is 1. The third kappa shape index (κ3) is 2.69. The molecule has 0 unspecified atom stereocenters. The number of nitrogens with zero attached hydrogens (tertiary/aromatic N) is 3. The maximum absolute atomic E-state index is 11.2. The number of azide groups is 1. The van der Waals surface area contributed by atoms with Crippen molar-refractivity contribution < 1.29 is 9.21 Å². The smallest absolute Gasteiger partial charge is 0.287 e. The number of carbonyl (C=O) groups excluding carboxylic acids is 1. The van der Waals surface area contributed by atoms with Crippen LogP contribution in [0.4, 0.5) is 0 Å². The first-order chi connectivity index (χ1) is 6.74. The van der Waals surface area contributed by atoms with Gasteiger partial charge in [-0.15, -0.1) is 0 Å². The average molecular weight is 192 g/mol. The summed E-state index contributed by atoms with van der Waals surface area (Å²) < 4.78 is 4.84. The largest absolute Gasteiger partial charge is 0.459 e. The molecule has 0 aromatic carbocycles. The van der Waals surface area contributed by atoms with Gasteiger partial charge in [-0.1, -0.05) is 11.7 Å². The highest BCUT2D eigenvalue weighted by Crippen LogP contribution is 1.99. The quantitative estimate of drug-likeness (QED) is 0.447. The average Bonchev–Trinajstić information content (AvgIpc) is 2.67. The number of rotatable bonds is 4.